The molecule has 0 amide bonds. The van der Waals surface area contributed by atoms with Gasteiger partial charge in [-0.2, -0.15) is 0 Å². The molecule has 0 aromatic heterocycles. The zero-order valence-corrected chi connectivity index (χ0v) is 19.5. The standard InChI is InChI=1S/C33H29N/c1-26-24-32(34(30-18-10-4-11-19-30)31-20-12-5-13-21-31)23-22-29(26)25-33(27-14-6-2-7-15-27)28-16-8-3-9-17-28/h2-24,33H,25H2,1H3. The third-order valence-electron chi connectivity index (χ3n) is 6.44. The van der Waals surface area contributed by atoms with Crippen LogP contribution in [0.5, 0.6) is 0 Å². The predicted molar refractivity (Wildman–Crippen MR) is 144 cm³/mol. The van der Waals surface area contributed by atoms with E-state index in [1.165, 1.54) is 27.9 Å². The molecule has 0 heterocycles. The van der Waals surface area contributed by atoms with E-state index in [1.54, 1.807) is 0 Å². The average molecular weight is 440 g/mol. The largest absolute Gasteiger partial charge is 0.310 e. The summed E-state index contributed by atoms with van der Waals surface area (Å²) in [4.78, 5) is 2.32. The Bertz CT molecular complexity index is 1230. The van der Waals surface area contributed by atoms with Gasteiger partial charge in [0.1, 0.15) is 0 Å². The fourth-order valence-corrected chi connectivity index (χ4v) is 4.67. The summed E-state index contributed by atoms with van der Waals surface area (Å²) < 4.78 is 0. The second-order valence-electron chi connectivity index (χ2n) is 8.70. The number of anilines is 3. The van der Waals surface area contributed by atoms with Crippen molar-refractivity contribution in [2.24, 2.45) is 0 Å². The van der Waals surface area contributed by atoms with Crippen molar-refractivity contribution in [3.8, 4) is 0 Å². The highest BCUT2D eigenvalue weighted by Gasteiger charge is 2.17. The van der Waals surface area contributed by atoms with Gasteiger partial charge in [-0.05, 0) is 72.0 Å². The van der Waals surface area contributed by atoms with Gasteiger partial charge in [0.25, 0.3) is 0 Å². The number of hydrogen-bond donors (Lipinski definition) is 0. The first-order valence-corrected chi connectivity index (χ1v) is 11.9. The zero-order chi connectivity index (χ0) is 23.2. The van der Waals surface area contributed by atoms with Gasteiger partial charge in [0.15, 0.2) is 0 Å². The van der Waals surface area contributed by atoms with Crippen molar-refractivity contribution >= 4 is 17.1 Å². The van der Waals surface area contributed by atoms with Crippen molar-refractivity contribution in [1.29, 1.82) is 0 Å². The molecule has 0 aliphatic heterocycles. The fourth-order valence-electron chi connectivity index (χ4n) is 4.67. The number of para-hydroxylation sites is 2. The molecule has 0 fully saturated rings. The van der Waals surface area contributed by atoms with Crippen LogP contribution in [0.2, 0.25) is 0 Å². The maximum absolute atomic E-state index is 2.32. The molecule has 0 aliphatic rings. The first kappa shape index (κ1) is 21.7. The summed E-state index contributed by atoms with van der Waals surface area (Å²) in [5, 5.41) is 0. The summed E-state index contributed by atoms with van der Waals surface area (Å²) in [6.07, 6.45) is 0.969. The van der Waals surface area contributed by atoms with E-state index in [1.807, 2.05) is 0 Å². The van der Waals surface area contributed by atoms with Crippen LogP contribution in [-0.4, -0.2) is 0 Å². The minimum absolute atomic E-state index is 0.325. The van der Waals surface area contributed by atoms with E-state index in [2.05, 4.69) is 151 Å². The van der Waals surface area contributed by atoms with Crippen molar-refractivity contribution in [3.63, 3.8) is 0 Å². The molecule has 166 valence electrons. The van der Waals surface area contributed by atoms with E-state index in [4.69, 9.17) is 0 Å². The van der Waals surface area contributed by atoms with Crippen LogP contribution < -0.4 is 4.90 Å². The van der Waals surface area contributed by atoms with Crippen LogP contribution in [0.15, 0.2) is 140 Å². The van der Waals surface area contributed by atoms with Crippen LogP contribution in [-0.2, 0) is 6.42 Å². The molecule has 0 radical (unpaired) electrons. The monoisotopic (exact) mass is 439 g/mol. The van der Waals surface area contributed by atoms with Crippen LogP contribution in [0.4, 0.5) is 17.1 Å². The number of rotatable bonds is 7. The van der Waals surface area contributed by atoms with Gasteiger partial charge in [-0.3, -0.25) is 0 Å². The van der Waals surface area contributed by atoms with Crippen molar-refractivity contribution in [1.82, 2.24) is 0 Å². The van der Waals surface area contributed by atoms with E-state index >= 15 is 0 Å². The zero-order valence-electron chi connectivity index (χ0n) is 19.5. The average Bonchev–Trinajstić information content (AvgIpc) is 2.91. The summed E-state index contributed by atoms with van der Waals surface area (Å²) in [6, 6.07) is 49.8. The van der Waals surface area contributed by atoms with Gasteiger partial charge in [-0.25, -0.2) is 0 Å². The van der Waals surface area contributed by atoms with Crippen LogP contribution in [0.3, 0.4) is 0 Å². The highest BCUT2D eigenvalue weighted by atomic mass is 15.1. The lowest BCUT2D eigenvalue weighted by molar-refractivity contribution is 0.800. The number of hydrogen-bond acceptors (Lipinski definition) is 1. The topological polar surface area (TPSA) is 3.24 Å². The molecule has 0 unspecified atom stereocenters. The van der Waals surface area contributed by atoms with E-state index in [-0.39, 0.29) is 0 Å². The van der Waals surface area contributed by atoms with Crippen LogP contribution in [0, 0.1) is 6.92 Å². The molecule has 1 nitrogen and oxygen atoms in total. The van der Waals surface area contributed by atoms with Gasteiger partial charge in [-0.1, -0.05) is 103 Å². The Morgan fingerprint density at radius 2 is 0.941 bits per heavy atom. The highest BCUT2D eigenvalue weighted by Crippen LogP contribution is 2.36. The quantitative estimate of drug-likeness (QED) is 0.245. The van der Waals surface area contributed by atoms with E-state index in [9.17, 15) is 0 Å². The van der Waals surface area contributed by atoms with Crippen molar-refractivity contribution in [2.45, 2.75) is 19.3 Å². The van der Waals surface area contributed by atoms with Crippen LogP contribution >= 0.6 is 0 Å². The van der Waals surface area contributed by atoms with Crippen molar-refractivity contribution in [3.05, 3.63) is 162 Å². The van der Waals surface area contributed by atoms with Gasteiger partial charge >= 0.3 is 0 Å². The Morgan fingerprint density at radius 3 is 1.38 bits per heavy atom. The first-order valence-electron chi connectivity index (χ1n) is 11.9. The molecule has 5 rings (SSSR count). The second kappa shape index (κ2) is 10.2. The Hall–Kier alpha value is -4.10. The summed E-state index contributed by atoms with van der Waals surface area (Å²) in [5.74, 6) is 0.325. The molecule has 34 heavy (non-hydrogen) atoms. The van der Waals surface area contributed by atoms with E-state index < -0.39 is 0 Å². The molecule has 0 saturated carbocycles. The lowest BCUT2D eigenvalue weighted by atomic mass is 9.85. The third kappa shape index (κ3) is 4.79. The molecule has 5 aromatic carbocycles. The maximum Gasteiger partial charge on any atom is 0.0464 e. The Labute approximate surface area is 203 Å². The highest BCUT2D eigenvalue weighted by molar-refractivity contribution is 5.76. The van der Waals surface area contributed by atoms with Crippen molar-refractivity contribution < 1.29 is 0 Å². The normalized spacial score (nSPS) is 10.9. The Balaban J connectivity index is 1.51. The molecule has 5 aromatic rings. The molecule has 0 N–H and O–H groups in total. The van der Waals surface area contributed by atoms with Gasteiger partial charge in [0.2, 0.25) is 0 Å². The predicted octanol–water partition coefficient (Wildman–Crippen LogP) is 8.84. The number of aryl methyl sites for hydroxylation is 1. The van der Waals surface area contributed by atoms with Crippen molar-refractivity contribution in [2.75, 3.05) is 4.90 Å². The molecule has 0 spiro atoms. The van der Waals surface area contributed by atoms with Crippen LogP contribution in [0.25, 0.3) is 0 Å². The fraction of sp³-hybridized carbons (Fsp3) is 0.0909. The molecule has 0 atom stereocenters. The van der Waals surface area contributed by atoms with E-state index in [0.717, 1.165) is 17.8 Å². The van der Waals surface area contributed by atoms with Gasteiger partial charge in [0, 0.05) is 23.0 Å². The van der Waals surface area contributed by atoms with E-state index in [0.29, 0.717) is 5.92 Å². The SMILES string of the molecule is Cc1cc(N(c2ccccc2)c2ccccc2)ccc1CC(c1ccccc1)c1ccccc1. The third-order valence-corrected chi connectivity index (χ3v) is 6.44. The van der Waals surface area contributed by atoms with Gasteiger partial charge in [0.05, 0.1) is 0 Å². The maximum atomic E-state index is 2.32. The minimum Gasteiger partial charge on any atom is -0.310 e. The smallest absolute Gasteiger partial charge is 0.0464 e. The Morgan fingerprint density at radius 1 is 0.500 bits per heavy atom. The summed E-state index contributed by atoms with van der Waals surface area (Å²) in [5.41, 5.74) is 8.89. The Kier molecular flexibility index (Phi) is 6.54. The molecular weight excluding hydrogens is 410 g/mol. The first-order chi connectivity index (χ1) is 16.8. The summed E-state index contributed by atoms with van der Waals surface area (Å²) in [7, 11) is 0. The lowest BCUT2D eigenvalue weighted by Gasteiger charge is -2.26. The molecule has 0 bridgehead atoms. The minimum atomic E-state index is 0.325. The summed E-state index contributed by atoms with van der Waals surface area (Å²) in [6.45, 7) is 2.24. The van der Waals surface area contributed by atoms with Crippen LogP contribution in [0.1, 0.15) is 28.2 Å². The number of benzene rings is 5. The van der Waals surface area contributed by atoms with Gasteiger partial charge < -0.3 is 4.90 Å². The number of nitrogens with zero attached hydrogens (tertiary/aromatic N) is 1. The lowest BCUT2D eigenvalue weighted by Crippen LogP contribution is -2.11. The molecule has 0 saturated heterocycles. The second-order valence-corrected chi connectivity index (χ2v) is 8.70. The molecule has 1 heteroatoms. The van der Waals surface area contributed by atoms with Gasteiger partial charge in [-0.15, -0.1) is 0 Å². The molecule has 0 aliphatic carbocycles. The summed E-state index contributed by atoms with van der Waals surface area (Å²) >= 11 is 0. The molecular formula is C33H29N.